The highest BCUT2D eigenvalue weighted by Crippen LogP contribution is 2.19. The number of nitrogens with zero attached hydrogens (tertiary/aromatic N) is 1. The topological polar surface area (TPSA) is 134 Å². The maximum atomic E-state index is 13.1. The second-order valence-corrected chi connectivity index (χ2v) is 12.1. The van der Waals surface area contributed by atoms with Crippen molar-refractivity contribution in [1.29, 1.82) is 0 Å². The van der Waals surface area contributed by atoms with Gasteiger partial charge in [0.15, 0.2) is 6.04 Å². The van der Waals surface area contributed by atoms with Gasteiger partial charge in [0.25, 0.3) is 0 Å². The number of hydrogen-bond acceptors (Lipinski definition) is 6. The number of hydrogen-bond donors (Lipinski definition) is 3. The van der Waals surface area contributed by atoms with Gasteiger partial charge in [0.1, 0.15) is 23.1 Å². The number of aliphatic carboxylic acids is 1. The molecule has 11 heteroatoms. The van der Waals surface area contributed by atoms with Crippen LogP contribution in [0.15, 0.2) is 84.9 Å². The number of nitrogens with one attached hydrogen (secondary N) is 2. The number of carboxylic acid groups (broad SMARTS) is 1. The van der Waals surface area contributed by atoms with Crippen molar-refractivity contribution in [1.82, 2.24) is 15.5 Å². The molecule has 0 aliphatic heterocycles. The highest BCUT2D eigenvalue weighted by Gasteiger charge is 2.28. The molecule has 2 unspecified atom stereocenters. The lowest BCUT2D eigenvalue weighted by Crippen LogP contribution is -2.43. The minimum atomic E-state index is -1.13. The average Bonchev–Trinajstić information content (AvgIpc) is 2.95. The van der Waals surface area contributed by atoms with Crippen LogP contribution in [0, 0.1) is 5.82 Å². The summed E-state index contributed by atoms with van der Waals surface area (Å²) in [6.07, 6.45) is -1.42. The van der Waals surface area contributed by atoms with E-state index in [4.69, 9.17) is 14.6 Å². The molecule has 0 radical (unpaired) electrons. The summed E-state index contributed by atoms with van der Waals surface area (Å²) >= 11 is 0. The van der Waals surface area contributed by atoms with Crippen LogP contribution >= 0.6 is 0 Å². The van der Waals surface area contributed by atoms with E-state index in [1.54, 1.807) is 115 Å². The SMILES string of the molecule is CC(C)(C)OC(=O)NC(C(=O)O)c1ccccc1.CN(Cc1ccc(F)cc1)C(=O)C(NC(=O)OC(C)(C)C)c1ccccc1. The first kappa shape index (κ1) is 36.3. The van der Waals surface area contributed by atoms with Crippen molar-refractivity contribution in [3.05, 3.63) is 107 Å². The molecule has 0 bridgehead atoms. The van der Waals surface area contributed by atoms with Crippen LogP contribution in [0.5, 0.6) is 0 Å². The van der Waals surface area contributed by atoms with Crippen molar-refractivity contribution in [3.8, 4) is 0 Å². The fraction of sp³-hybridized carbons (Fsp3) is 0.353. The van der Waals surface area contributed by atoms with E-state index in [1.165, 1.54) is 17.0 Å². The van der Waals surface area contributed by atoms with Gasteiger partial charge in [-0.2, -0.15) is 0 Å². The zero-order valence-corrected chi connectivity index (χ0v) is 26.7. The van der Waals surface area contributed by atoms with Gasteiger partial charge in [0, 0.05) is 13.6 Å². The zero-order chi connectivity index (χ0) is 33.8. The van der Waals surface area contributed by atoms with Crippen LogP contribution in [-0.2, 0) is 25.6 Å². The molecule has 3 aromatic carbocycles. The van der Waals surface area contributed by atoms with Gasteiger partial charge in [-0.3, -0.25) is 4.79 Å². The van der Waals surface area contributed by atoms with Crippen molar-refractivity contribution >= 4 is 24.1 Å². The molecule has 242 valence electrons. The predicted octanol–water partition coefficient (Wildman–Crippen LogP) is 6.39. The summed E-state index contributed by atoms with van der Waals surface area (Å²) in [7, 11) is 1.64. The van der Waals surface area contributed by atoms with Crippen LogP contribution in [0.2, 0.25) is 0 Å². The minimum Gasteiger partial charge on any atom is -0.479 e. The molecule has 0 aliphatic carbocycles. The largest absolute Gasteiger partial charge is 0.479 e. The molecule has 0 aromatic heterocycles. The Hall–Kier alpha value is -4.93. The molecule has 0 heterocycles. The third kappa shape index (κ3) is 13.5. The summed E-state index contributed by atoms with van der Waals surface area (Å²) in [6.45, 7) is 10.7. The molecule has 3 aromatic rings. The first-order valence-corrected chi connectivity index (χ1v) is 14.3. The number of amides is 3. The molecule has 10 nitrogen and oxygen atoms in total. The van der Waals surface area contributed by atoms with Crippen molar-refractivity contribution < 1.29 is 38.1 Å². The van der Waals surface area contributed by atoms with Crippen molar-refractivity contribution in [2.24, 2.45) is 0 Å². The summed E-state index contributed by atoms with van der Waals surface area (Å²) in [5.74, 6) is -1.76. The maximum absolute atomic E-state index is 13.1. The second kappa shape index (κ2) is 16.2. The van der Waals surface area contributed by atoms with E-state index in [-0.39, 0.29) is 11.7 Å². The second-order valence-electron chi connectivity index (χ2n) is 12.1. The monoisotopic (exact) mass is 623 g/mol. The normalized spacial score (nSPS) is 12.4. The first-order chi connectivity index (χ1) is 20.9. The molecule has 3 rings (SSSR count). The molecule has 0 spiro atoms. The Labute approximate surface area is 263 Å². The average molecular weight is 624 g/mol. The molecule has 45 heavy (non-hydrogen) atoms. The Morgan fingerprint density at radius 1 is 0.711 bits per heavy atom. The zero-order valence-electron chi connectivity index (χ0n) is 26.7. The maximum Gasteiger partial charge on any atom is 0.408 e. The van der Waals surface area contributed by atoms with E-state index >= 15 is 0 Å². The van der Waals surface area contributed by atoms with E-state index in [2.05, 4.69) is 10.6 Å². The number of benzene rings is 3. The lowest BCUT2D eigenvalue weighted by molar-refractivity contribution is -0.139. The summed E-state index contributed by atoms with van der Waals surface area (Å²) in [5, 5.41) is 14.1. The van der Waals surface area contributed by atoms with Crippen LogP contribution in [0.1, 0.15) is 70.3 Å². The molecule has 3 amide bonds. The van der Waals surface area contributed by atoms with E-state index < -0.39 is 41.4 Å². The molecule has 0 saturated heterocycles. The number of carbonyl (C=O) groups is 4. The van der Waals surface area contributed by atoms with Crippen LogP contribution in [-0.4, -0.2) is 52.3 Å². The highest BCUT2D eigenvalue weighted by molar-refractivity contribution is 5.87. The lowest BCUT2D eigenvalue weighted by Gasteiger charge is -2.27. The molecule has 3 N–H and O–H groups in total. The molecule has 2 atom stereocenters. The van der Waals surface area contributed by atoms with Crippen molar-refractivity contribution in [2.45, 2.75) is 71.4 Å². The summed E-state index contributed by atoms with van der Waals surface area (Å²) in [5.41, 5.74) is 0.601. The smallest absolute Gasteiger partial charge is 0.408 e. The van der Waals surface area contributed by atoms with Crippen LogP contribution < -0.4 is 10.6 Å². The number of likely N-dealkylation sites (N-methyl/N-ethyl adjacent to an activating group) is 1. The Balaban J connectivity index is 0.000000341. The van der Waals surface area contributed by atoms with Crippen molar-refractivity contribution in [3.63, 3.8) is 0 Å². The fourth-order valence-corrected chi connectivity index (χ4v) is 3.88. The molecular formula is C34H42FN3O7. The van der Waals surface area contributed by atoms with Gasteiger partial charge in [0.2, 0.25) is 5.91 Å². The Kier molecular flexibility index (Phi) is 13.1. The van der Waals surface area contributed by atoms with Gasteiger partial charge in [-0.1, -0.05) is 72.8 Å². The number of rotatable bonds is 8. The standard InChI is InChI=1S/C21H25FN2O3.C13H17NO4/c1-21(2,3)27-20(26)23-18(16-8-6-5-7-9-16)19(25)24(4)14-15-10-12-17(22)13-11-15;1-13(2,3)18-12(17)14-10(11(15)16)9-7-5-4-6-8-9/h5-13,18H,14H2,1-4H3,(H,23,26);4-8,10H,1-3H3,(H,14,17)(H,15,16). The highest BCUT2D eigenvalue weighted by atomic mass is 19.1. The van der Waals surface area contributed by atoms with Gasteiger partial charge in [-0.05, 0) is 70.4 Å². The minimum absolute atomic E-state index is 0.290. The summed E-state index contributed by atoms with van der Waals surface area (Å²) in [4.78, 5) is 49.4. The Bertz CT molecular complexity index is 1400. The number of halogens is 1. The van der Waals surface area contributed by atoms with Crippen LogP contribution in [0.3, 0.4) is 0 Å². The molecular weight excluding hydrogens is 581 g/mol. The summed E-state index contributed by atoms with van der Waals surface area (Å²) in [6, 6.07) is 21.4. The molecule has 0 aliphatic rings. The third-order valence-corrected chi connectivity index (χ3v) is 5.79. The van der Waals surface area contributed by atoms with Crippen LogP contribution in [0.25, 0.3) is 0 Å². The van der Waals surface area contributed by atoms with Gasteiger partial charge >= 0.3 is 18.2 Å². The third-order valence-electron chi connectivity index (χ3n) is 5.79. The number of carbonyl (C=O) groups excluding carboxylic acids is 3. The number of carboxylic acids is 1. The van der Waals surface area contributed by atoms with E-state index in [9.17, 15) is 23.6 Å². The quantitative estimate of drug-likeness (QED) is 0.265. The molecule has 0 fully saturated rings. The van der Waals surface area contributed by atoms with Gasteiger partial charge in [-0.25, -0.2) is 18.8 Å². The van der Waals surface area contributed by atoms with Crippen molar-refractivity contribution in [2.75, 3.05) is 7.05 Å². The first-order valence-electron chi connectivity index (χ1n) is 14.3. The van der Waals surface area contributed by atoms with E-state index in [1.807, 2.05) is 6.07 Å². The summed E-state index contributed by atoms with van der Waals surface area (Å²) < 4.78 is 23.4. The van der Waals surface area contributed by atoms with Gasteiger partial charge < -0.3 is 30.1 Å². The number of ether oxygens (including phenoxy) is 2. The lowest BCUT2D eigenvalue weighted by atomic mass is 10.1. The van der Waals surface area contributed by atoms with E-state index in [0.717, 1.165) is 5.56 Å². The van der Waals surface area contributed by atoms with Gasteiger partial charge in [0.05, 0.1) is 0 Å². The van der Waals surface area contributed by atoms with Gasteiger partial charge in [-0.15, -0.1) is 0 Å². The Morgan fingerprint density at radius 2 is 1.11 bits per heavy atom. The number of alkyl carbamates (subject to hydrolysis) is 2. The fourth-order valence-electron chi connectivity index (χ4n) is 3.88. The van der Waals surface area contributed by atoms with Crippen LogP contribution in [0.4, 0.5) is 14.0 Å². The predicted molar refractivity (Wildman–Crippen MR) is 168 cm³/mol. The van der Waals surface area contributed by atoms with E-state index in [0.29, 0.717) is 17.7 Å². The molecule has 0 saturated carbocycles. The Morgan fingerprint density at radius 3 is 1.51 bits per heavy atom.